The van der Waals surface area contributed by atoms with Crippen molar-refractivity contribution in [3.63, 3.8) is 0 Å². The minimum Gasteiger partial charge on any atom is -0.375 e. The van der Waals surface area contributed by atoms with Crippen molar-refractivity contribution in [1.29, 1.82) is 0 Å². The van der Waals surface area contributed by atoms with Crippen LogP contribution in [-0.4, -0.2) is 37.5 Å². The fourth-order valence-electron chi connectivity index (χ4n) is 2.24. The van der Waals surface area contributed by atoms with Crippen LogP contribution in [0.1, 0.15) is 24.5 Å². The van der Waals surface area contributed by atoms with E-state index in [-0.39, 0.29) is 24.9 Å². The number of hydrogen-bond donors (Lipinski definition) is 3. The summed E-state index contributed by atoms with van der Waals surface area (Å²) in [6.07, 6.45) is 0.204. The average molecular weight is 305 g/mol. The zero-order valence-electron chi connectivity index (χ0n) is 12.3. The highest BCUT2D eigenvalue weighted by atomic mass is 16.5. The summed E-state index contributed by atoms with van der Waals surface area (Å²) >= 11 is 0. The zero-order chi connectivity index (χ0) is 15.9. The smallest absolute Gasteiger partial charge is 0.322 e. The number of carbonyl (C=O) groups is 3. The molecule has 7 nitrogen and oxygen atoms in total. The number of methoxy groups -OCH3 is 1. The van der Waals surface area contributed by atoms with Crippen molar-refractivity contribution in [3.8, 4) is 0 Å². The van der Waals surface area contributed by atoms with Gasteiger partial charge in [0.25, 0.3) is 5.91 Å². The second-order valence-electron chi connectivity index (χ2n) is 4.99. The lowest BCUT2D eigenvalue weighted by atomic mass is 10.1. The third-order valence-electron chi connectivity index (χ3n) is 3.46. The summed E-state index contributed by atoms with van der Waals surface area (Å²) in [5, 5.41) is 7.36. The summed E-state index contributed by atoms with van der Waals surface area (Å²) in [6.45, 7) is 0.350. The molecule has 1 aromatic rings. The molecule has 0 aromatic heterocycles. The molecule has 2 rings (SSSR count). The summed E-state index contributed by atoms with van der Waals surface area (Å²) in [5.41, 5.74) is 0.979. The van der Waals surface area contributed by atoms with Gasteiger partial charge in [-0.3, -0.25) is 14.9 Å². The topological polar surface area (TPSA) is 96.5 Å². The average Bonchev–Trinajstić information content (AvgIpc) is 2.84. The van der Waals surface area contributed by atoms with Gasteiger partial charge in [0, 0.05) is 20.1 Å². The van der Waals surface area contributed by atoms with Gasteiger partial charge in [0.1, 0.15) is 6.04 Å². The third kappa shape index (κ3) is 4.29. The Balaban J connectivity index is 1.75. The maximum absolute atomic E-state index is 11.8. The van der Waals surface area contributed by atoms with Crippen LogP contribution in [0.4, 0.5) is 4.79 Å². The van der Waals surface area contributed by atoms with E-state index in [2.05, 4.69) is 16.0 Å². The van der Waals surface area contributed by atoms with Gasteiger partial charge in [-0.15, -0.1) is 0 Å². The number of hydrogen-bond acceptors (Lipinski definition) is 4. The van der Waals surface area contributed by atoms with Crippen molar-refractivity contribution >= 4 is 17.8 Å². The van der Waals surface area contributed by atoms with Crippen LogP contribution in [0.2, 0.25) is 0 Å². The number of benzene rings is 1. The molecule has 3 N–H and O–H groups in total. The summed E-state index contributed by atoms with van der Waals surface area (Å²) < 4.78 is 5.36. The van der Waals surface area contributed by atoms with Gasteiger partial charge in [-0.25, -0.2) is 4.79 Å². The molecular weight excluding hydrogens is 286 g/mol. The third-order valence-corrected chi connectivity index (χ3v) is 3.46. The number of ether oxygens (including phenoxy) is 1. The fraction of sp³-hybridized carbons (Fsp3) is 0.400. The van der Waals surface area contributed by atoms with Gasteiger partial charge >= 0.3 is 6.03 Å². The van der Waals surface area contributed by atoms with E-state index in [9.17, 15) is 14.4 Å². The Labute approximate surface area is 128 Å². The number of amides is 4. The van der Waals surface area contributed by atoms with Gasteiger partial charge in [0.15, 0.2) is 0 Å². The number of nitrogens with one attached hydrogen (secondary N) is 3. The monoisotopic (exact) mass is 305 g/mol. The van der Waals surface area contributed by atoms with Crippen LogP contribution in [0, 0.1) is 0 Å². The van der Waals surface area contributed by atoms with Crippen LogP contribution < -0.4 is 16.0 Å². The maximum atomic E-state index is 11.8. The van der Waals surface area contributed by atoms with Crippen molar-refractivity contribution in [2.24, 2.45) is 0 Å². The highest BCUT2D eigenvalue weighted by molar-refractivity contribution is 6.04. The molecule has 0 spiro atoms. The minimum atomic E-state index is -0.634. The fourth-order valence-corrected chi connectivity index (χ4v) is 2.24. The van der Waals surface area contributed by atoms with Crippen molar-refractivity contribution in [1.82, 2.24) is 16.0 Å². The zero-order valence-corrected chi connectivity index (χ0v) is 12.3. The molecule has 1 aliphatic heterocycles. The Morgan fingerprint density at radius 2 is 2.05 bits per heavy atom. The minimum absolute atomic E-state index is 0.156. The first-order chi connectivity index (χ1) is 10.6. The van der Waals surface area contributed by atoms with Crippen LogP contribution in [0.25, 0.3) is 0 Å². The van der Waals surface area contributed by atoms with Crippen LogP contribution >= 0.6 is 0 Å². The van der Waals surface area contributed by atoms with Crippen LogP contribution in [0.5, 0.6) is 0 Å². The van der Waals surface area contributed by atoms with E-state index in [1.165, 1.54) is 0 Å². The number of carbonyl (C=O) groups excluding carboxylic acids is 3. The normalized spacial score (nSPS) is 18.5. The van der Waals surface area contributed by atoms with Gasteiger partial charge < -0.3 is 15.4 Å². The van der Waals surface area contributed by atoms with E-state index in [4.69, 9.17) is 4.74 Å². The first-order valence-corrected chi connectivity index (χ1v) is 7.06. The molecule has 1 saturated heterocycles. The van der Waals surface area contributed by atoms with Crippen molar-refractivity contribution in [2.75, 3.05) is 13.7 Å². The van der Waals surface area contributed by atoms with Gasteiger partial charge in [-0.05, 0) is 12.0 Å². The highest BCUT2D eigenvalue weighted by Gasteiger charge is 2.29. The highest BCUT2D eigenvalue weighted by Crippen LogP contribution is 2.15. The van der Waals surface area contributed by atoms with Crippen LogP contribution in [0.3, 0.4) is 0 Å². The molecule has 22 heavy (non-hydrogen) atoms. The van der Waals surface area contributed by atoms with Crippen molar-refractivity contribution in [3.05, 3.63) is 35.9 Å². The SMILES string of the molecule is CO[C@@H](CNC(=O)CC[C@H]1NC(=O)NC1=O)c1ccccc1. The van der Waals surface area contributed by atoms with Crippen molar-refractivity contribution < 1.29 is 19.1 Å². The Kier molecular flexibility index (Phi) is 5.48. The Morgan fingerprint density at radius 1 is 1.32 bits per heavy atom. The molecule has 2 atom stereocenters. The molecule has 0 saturated carbocycles. The molecule has 0 radical (unpaired) electrons. The van der Waals surface area contributed by atoms with Crippen LogP contribution in [-0.2, 0) is 14.3 Å². The maximum Gasteiger partial charge on any atom is 0.322 e. The lowest BCUT2D eigenvalue weighted by Crippen LogP contribution is -2.33. The molecule has 0 unspecified atom stereocenters. The van der Waals surface area contributed by atoms with Gasteiger partial charge in [-0.1, -0.05) is 30.3 Å². The number of rotatable bonds is 7. The molecule has 4 amide bonds. The van der Waals surface area contributed by atoms with E-state index in [1.807, 2.05) is 30.3 Å². The van der Waals surface area contributed by atoms with Crippen molar-refractivity contribution in [2.45, 2.75) is 25.0 Å². The largest absolute Gasteiger partial charge is 0.375 e. The molecule has 1 fully saturated rings. The summed E-state index contributed by atoms with van der Waals surface area (Å²) in [5.74, 6) is -0.580. The molecule has 1 aromatic carbocycles. The predicted octanol–water partition coefficient (Wildman–Crippen LogP) is 0.479. The lowest BCUT2D eigenvalue weighted by Gasteiger charge is -2.16. The Bertz CT molecular complexity index is 547. The molecule has 0 bridgehead atoms. The molecular formula is C15H19N3O4. The standard InChI is InChI=1S/C15H19N3O4/c1-22-12(10-5-3-2-4-6-10)9-16-13(19)8-7-11-14(20)18-15(21)17-11/h2-6,11-12H,7-9H2,1H3,(H,16,19)(H2,17,18,20,21)/t11-,12+/m1/s1. The van der Waals surface area contributed by atoms with E-state index in [1.54, 1.807) is 7.11 Å². The van der Waals surface area contributed by atoms with E-state index >= 15 is 0 Å². The molecule has 1 heterocycles. The first-order valence-electron chi connectivity index (χ1n) is 7.06. The second kappa shape index (κ2) is 7.56. The predicted molar refractivity (Wildman–Crippen MR) is 78.9 cm³/mol. The Hall–Kier alpha value is -2.41. The number of imide groups is 1. The second-order valence-corrected chi connectivity index (χ2v) is 4.99. The molecule has 1 aliphatic rings. The van der Waals surface area contributed by atoms with E-state index in [0.29, 0.717) is 6.54 Å². The van der Waals surface area contributed by atoms with Gasteiger partial charge in [0.05, 0.1) is 6.10 Å². The molecule has 7 heteroatoms. The van der Waals surface area contributed by atoms with Crippen LogP contribution in [0.15, 0.2) is 30.3 Å². The van der Waals surface area contributed by atoms with E-state index in [0.717, 1.165) is 5.56 Å². The quantitative estimate of drug-likeness (QED) is 0.638. The summed E-state index contributed by atoms with van der Waals surface area (Å²) in [7, 11) is 1.59. The van der Waals surface area contributed by atoms with Gasteiger partial charge in [-0.2, -0.15) is 0 Å². The molecule has 0 aliphatic carbocycles. The summed E-state index contributed by atoms with van der Waals surface area (Å²) in [6, 6.07) is 8.44. The molecule has 118 valence electrons. The van der Waals surface area contributed by atoms with Gasteiger partial charge in [0.2, 0.25) is 5.91 Å². The number of urea groups is 1. The first kappa shape index (κ1) is 16.0. The summed E-state index contributed by atoms with van der Waals surface area (Å²) in [4.78, 5) is 34.1. The van der Waals surface area contributed by atoms with E-state index < -0.39 is 18.0 Å². The Morgan fingerprint density at radius 3 is 2.64 bits per heavy atom. The lowest BCUT2D eigenvalue weighted by molar-refractivity contribution is -0.122.